The normalized spacial score (nSPS) is 17.5. The average Bonchev–Trinajstić information content (AvgIpc) is 2.86. The predicted molar refractivity (Wildman–Crippen MR) is 105 cm³/mol. The lowest BCUT2D eigenvalue weighted by Crippen LogP contribution is -2.44. The van der Waals surface area contributed by atoms with Crippen molar-refractivity contribution in [1.82, 2.24) is 9.47 Å². The van der Waals surface area contributed by atoms with Gasteiger partial charge in [0.25, 0.3) is 0 Å². The van der Waals surface area contributed by atoms with Crippen LogP contribution in [-0.2, 0) is 16.1 Å². The number of nitrogens with zero attached hydrogens (tertiary/aromatic N) is 3. The number of rotatable bonds is 5. The molecule has 0 radical (unpaired) electrons. The van der Waals surface area contributed by atoms with Gasteiger partial charge in [0.2, 0.25) is 5.91 Å². The minimum atomic E-state index is -0.104. The van der Waals surface area contributed by atoms with Gasteiger partial charge in [-0.3, -0.25) is 9.69 Å². The third kappa shape index (κ3) is 4.38. The van der Waals surface area contributed by atoms with Gasteiger partial charge in [0, 0.05) is 25.3 Å². The molecule has 0 spiro atoms. The molecular weight excluding hydrogens is 340 g/mol. The van der Waals surface area contributed by atoms with E-state index in [2.05, 4.69) is 16.3 Å². The molecule has 1 saturated heterocycles. The van der Waals surface area contributed by atoms with Crippen molar-refractivity contribution >= 4 is 11.7 Å². The second-order valence-corrected chi connectivity index (χ2v) is 7.08. The molecule has 1 atom stereocenters. The van der Waals surface area contributed by atoms with Crippen LogP contribution in [0.25, 0.3) is 0 Å². The summed E-state index contributed by atoms with van der Waals surface area (Å²) < 4.78 is 7.55. The third-order valence-electron chi connectivity index (χ3n) is 5.07. The molecule has 0 bridgehead atoms. The van der Waals surface area contributed by atoms with Crippen molar-refractivity contribution in [1.29, 1.82) is 5.26 Å². The van der Waals surface area contributed by atoms with Gasteiger partial charge in [0.05, 0.1) is 24.8 Å². The van der Waals surface area contributed by atoms with Crippen LogP contribution in [0.1, 0.15) is 29.3 Å². The molecule has 27 heavy (non-hydrogen) atoms. The van der Waals surface area contributed by atoms with Gasteiger partial charge >= 0.3 is 0 Å². The first-order valence-corrected chi connectivity index (χ1v) is 9.27. The highest BCUT2D eigenvalue weighted by molar-refractivity contribution is 5.93. The Kier molecular flexibility index (Phi) is 5.94. The number of aromatic nitrogens is 1. The summed E-state index contributed by atoms with van der Waals surface area (Å²) in [5.74, 6) is 0.482. The number of ether oxygens (including phenoxy) is 1. The Hall–Kier alpha value is -2.62. The molecule has 0 saturated carbocycles. The molecule has 3 rings (SSSR count). The first-order chi connectivity index (χ1) is 13.0. The Morgan fingerprint density at radius 3 is 2.74 bits per heavy atom. The van der Waals surface area contributed by atoms with Crippen molar-refractivity contribution in [3.8, 4) is 6.07 Å². The van der Waals surface area contributed by atoms with E-state index in [9.17, 15) is 10.1 Å². The number of amides is 1. The van der Waals surface area contributed by atoms with Gasteiger partial charge in [0.15, 0.2) is 0 Å². The lowest BCUT2D eigenvalue weighted by molar-refractivity contribution is -0.119. The summed E-state index contributed by atoms with van der Waals surface area (Å²) in [7, 11) is 0. The van der Waals surface area contributed by atoms with Crippen LogP contribution in [0, 0.1) is 25.2 Å². The summed E-state index contributed by atoms with van der Waals surface area (Å²) in [6, 6.07) is 12.3. The van der Waals surface area contributed by atoms with Gasteiger partial charge in [-0.2, -0.15) is 5.26 Å². The zero-order valence-electron chi connectivity index (χ0n) is 16.2. The lowest BCUT2D eigenvalue weighted by atomic mass is 10.2. The van der Waals surface area contributed by atoms with Gasteiger partial charge in [-0.05, 0) is 31.9 Å². The molecule has 2 aromatic rings. The van der Waals surface area contributed by atoms with Gasteiger partial charge < -0.3 is 14.6 Å². The number of hydrogen-bond donors (Lipinski definition) is 1. The molecule has 0 aliphatic carbocycles. The fraction of sp³-hybridized carbons (Fsp3) is 0.429. The van der Waals surface area contributed by atoms with E-state index in [1.54, 1.807) is 0 Å². The molecule has 0 unspecified atom stereocenters. The number of anilines is 1. The number of carbonyl (C=O) groups excluding carboxylic acids is 1. The summed E-state index contributed by atoms with van der Waals surface area (Å²) in [6.07, 6.45) is 0.132. The van der Waals surface area contributed by atoms with Gasteiger partial charge in [0.1, 0.15) is 11.9 Å². The summed E-state index contributed by atoms with van der Waals surface area (Å²) in [5.41, 5.74) is 3.55. The van der Waals surface area contributed by atoms with Crippen LogP contribution in [0.3, 0.4) is 0 Å². The maximum Gasteiger partial charge on any atom is 0.239 e. The number of nitrogens with one attached hydrogen (secondary N) is 1. The first-order valence-electron chi connectivity index (χ1n) is 9.27. The monoisotopic (exact) mass is 366 g/mol. The summed E-state index contributed by atoms with van der Waals surface area (Å²) in [5, 5.41) is 12.6. The third-order valence-corrected chi connectivity index (χ3v) is 5.07. The van der Waals surface area contributed by atoms with E-state index in [0.717, 1.165) is 29.9 Å². The minimum absolute atomic E-state index is 0.104. The van der Waals surface area contributed by atoms with E-state index in [4.69, 9.17) is 4.74 Å². The Morgan fingerprint density at radius 2 is 2.07 bits per heavy atom. The van der Waals surface area contributed by atoms with E-state index >= 15 is 0 Å². The smallest absolute Gasteiger partial charge is 0.239 e. The highest BCUT2D eigenvalue weighted by Crippen LogP contribution is 2.27. The zero-order valence-corrected chi connectivity index (χ0v) is 16.2. The van der Waals surface area contributed by atoms with Crippen LogP contribution in [0.15, 0.2) is 30.3 Å². The fourth-order valence-electron chi connectivity index (χ4n) is 3.50. The minimum Gasteiger partial charge on any atom is -0.376 e. The highest BCUT2D eigenvalue weighted by Gasteiger charge is 2.22. The SMILES string of the molecule is Cc1c(C#N)c(NC(=O)CN2CCO[C@@H](C)C2)n(Cc2ccccc2)c1C. The topological polar surface area (TPSA) is 70.3 Å². The molecule has 6 heteroatoms. The Bertz CT molecular complexity index is 851. The Morgan fingerprint density at radius 1 is 1.33 bits per heavy atom. The molecule has 1 aliphatic heterocycles. The van der Waals surface area contributed by atoms with Crippen LogP contribution in [0.2, 0.25) is 0 Å². The maximum atomic E-state index is 12.7. The number of carbonyl (C=O) groups is 1. The zero-order chi connectivity index (χ0) is 19.4. The van der Waals surface area contributed by atoms with Crippen molar-refractivity contribution in [2.24, 2.45) is 0 Å². The molecule has 142 valence electrons. The molecule has 1 aromatic heterocycles. The molecule has 1 aromatic carbocycles. The summed E-state index contributed by atoms with van der Waals surface area (Å²) in [6.45, 7) is 8.95. The fourth-order valence-corrected chi connectivity index (χ4v) is 3.50. The number of hydrogen-bond acceptors (Lipinski definition) is 4. The van der Waals surface area contributed by atoms with Crippen LogP contribution in [-0.4, -0.2) is 47.7 Å². The molecule has 1 amide bonds. The van der Waals surface area contributed by atoms with Crippen molar-refractivity contribution in [2.75, 3.05) is 31.6 Å². The summed E-state index contributed by atoms with van der Waals surface area (Å²) >= 11 is 0. The summed E-state index contributed by atoms with van der Waals surface area (Å²) in [4.78, 5) is 14.7. The Labute approximate surface area is 160 Å². The van der Waals surface area contributed by atoms with Crippen LogP contribution >= 0.6 is 0 Å². The van der Waals surface area contributed by atoms with Crippen molar-refractivity contribution in [3.05, 3.63) is 52.7 Å². The molecule has 1 aliphatic rings. The van der Waals surface area contributed by atoms with Gasteiger partial charge in [-0.25, -0.2) is 0 Å². The average molecular weight is 366 g/mol. The van der Waals surface area contributed by atoms with E-state index in [1.165, 1.54) is 0 Å². The second kappa shape index (κ2) is 8.38. The molecule has 1 N–H and O–H groups in total. The first kappa shape index (κ1) is 19.2. The maximum absolute atomic E-state index is 12.7. The molecule has 1 fully saturated rings. The largest absolute Gasteiger partial charge is 0.376 e. The number of benzene rings is 1. The number of morpholine rings is 1. The lowest BCUT2D eigenvalue weighted by Gasteiger charge is -2.30. The van der Waals surface area contributed by atoms with E-state index in [0.29, 0.717) is 31.1 Å². The van der Waals surface area contributed by atoms with Crippen LogP contribution in [0.4, 0.5) is 5.82 Å². The van der Waals surface area contributed by atoms with Crippen molar-refractivity contribution in [3.63, 3.8) is 0 Å². The predicted octanol–water partition coefficient (Wildman–Crippen LogP) is 2.68. The standard InChI is InChI=1S/C21H26N4O2/c1-15-12-24(9-10-27-15)14-20(26)23-21-19(11-22)16(2)17(3)25(21)13-18-7-5-4-6-8-18/h4-8,15H,9-10,12-14H2,1-3H3,(H,23,26)/t15-/m0/s1. The van der Waals surface area contributed by atoms with Crippen LogP contribution < -0.4 is 5.32 Å². The molecule has 6 nitrogen and oxygen atoms in total. The van der Waals surface area contributed by atoms with E-state index in [1.807, 2.05) is 55.7 Å². The highest BCUT2D eigenvalue weighted by atomic mass is 16.5. The van der Waals surface area contributed by atoms with E-state index < -0.39 is 0 Å². The number of nitriles is 1. The van der Waals surface area contributed by atoms with Crippen molar-refractivity contribution < 1.29 is 9.53 Å². The second-order valence-electron chi connectivity index (χ2n) is 7.08. The van der Waals surface area contributed by atoms with Gasteiger partial charge in [-0.15, -0.1) is 0 Å². The Balaban J connectivity index is 1.82. The van der Waals surface area contributed by atoms with E-state index in [-0.39, 0.29) is 12.0 Å². The molecule has 2 heterocycles. The molecular formula is C21H26N4O2. The van der Waals surface area contributed by atoms with Crippen LogP contribution in [0.5, 0.6) is 0 Å². The van der Waals surface area contributed by atoms with Gasteiger partial charge in [-0.1, -0.05) is 30.3 Å². The quantitative estimate of drug-likeness (QED) is 0.883. The van der Waals surface area contributed by atoms with Crippen molar-refractivity contribution in [2.45, 2.75) is 33.4 Å².